The molecule has 0 saturated carbocycles. The third kappa shape index (κ3) is 13.0. The summed E-state index contributed by atoms with van der Waals surface area (Å²) in [5.41, 5.74) is -0.500. The van der Waals surface area contributed by atoms with E-state index in [2.05, 4.69) is 0 Å². The first-order valence-corrected chi connectivity index (χ1v) is 4.06. The van der Waals surface area contributed by atoms with E-state index in [-0.39, 0.29) is 0 Å². The van der Waals surface area contributed by atoms with E-state index in [1.807, 2.05) is 0 Å². The first-order chi connectivity index (χ1) is 4.89. The molecule has 0 radical (unpaired) electrons. The number of hydrogen-bond acceptors (Lipinski definition) is 3. The van der Waals surface area contributed by atoms with Gasteiger partial charge in [0.1, 0.15) is 0 Å². The lowest BCUT2D eigenvalue weighted by molar-refractivity contribution is -0.0678. The van der Waals surface area contributed by atoms with Gasteiger partial charge in [-0.05, 0) is 33.6 Å². The minimum absolute atomic E-state index is 0.500. The highest BCUT2D eigenvalue weighted by Gasteiger charge is 2.05. The molecule has 1 aliphatic rings. The maximum atomic E-state index is 8.56. The summed E-state index contributed by atoms with van der Waals surface area (Å²) in [5.74, 6) is 0. The quantitative estimate of drug-likeness (QED) is 0.562. The predicted molar refractivity (Wildman–Crippen MR) is 44.6 cm³/mol. The Labute approximate surface area is 68.6 Å². The van der Waals surface area contributed by atoms with Gasteiger partial charge in [-0.15, -0.1) is 0 Å². The zero-order chi connectivity index (χ0) is 8.91. The molecule has 1 fully saturated rings. The Morgan fingerprint density at radius 1 is 1.09 bits per heavy atom. The zero-order valence-corrected chi connectivity index (χ0v) is 7.67. The van der Waals surface area contributed by atoms with Crippen molar-refractivity contribution in [2.45, 2.75) is 39.2 Å². The molecule has 1 aliphatic heterocycles. The maximum Gasteiger partial charge on any atom is 0.0563 e. The molecule has 0 aromatic carbocycles. The molecule has 0 aromatic heterocycles. The second-order valence-corrected chi connectivity index (χ2v) is 3.83. The van der Waals surface area contributed by atoms with Gasteiger partial charge < -0.3 is 10.3 Å². The van der Waals surface area contributed by atoms with Crippen LogP contribution in [0.3, 0.4) is 0 Å². The Morgan fingerprint density at radius 3 is 1.45 bits per heavy atom. The normalized spacial score (nSPS) is 19.4. The van der Waals surface area contributed by atoms with E-state index in [1.54, 1.807) is 20.8 Å². The highest BCUT2D eigenvalue weighted by Crippen LogP contribution is 2.01. The highest BCUT2D eigenvalue weighted by atomic mass is 16.5. The fraction of sp³-hybridized carbons (Fsp3) is 1.00. The van der Waals surface area contributed by atoms with Crippen LogP contribution in [0, 0.1) is 0 Å². The molecule has 1 heterocycles. The summed E-state index contributed by atoms with van der Waals surface area (Å²) in [6.07, 6.45) is 2.33. The van der Waals surface area contributed by atoms with Crippen LogP contribution in [0.2, 0.25) is 0 Å². The van der Waals surface area contributed by atoms with Gasteiger partial charge in [0, 0.05) is 13.1 Å². The van der Waals surface area contributed by atoms with Gasteiger partial charge in [-0.3, -0.25) is 0 Å². The highest BCUT2D eigenvalue weighted by molar-refractivity contribution is 4.54. The van der Waals surface area contributed by atoms with Crippen molar-refractivity contribution in [2.75, 3.05) is 13.1 Å². The van der Waals surface area contributed by atoms with Crippen LogP contribution in [0.15, 0.2) is 0 Å². The Morgan fingerprint density at radius 2 is 1.36 bits per heavy atom. The van der Waals surface area contributed by atoms with Crippen molar-refractivity contribution in [3.05, 3.63) is 0 Å². The molecule has 68 valence electrons. The van der Waals surface area contributed by atoms with Crippen LogP contribution >= 0.6 is 0 Å². The van der Waals surface area contributed by atoms with Crippen LogP contribution in [0.25, 0.3) is 0 Å². The molecule has 0 aliphatic carbocycles. The Hall–Kier alpha value is -0.120. The number of hydrogen-bond donors (Lipinski definition) is 2. The van der Waals surface area contributed by atoms with E-state index in [0.717, 1.165) is 25.9 Å². The molecule has 0 spiro atoms. The summed E-state index contributed by atoms with van der Waals surface area (Å²) in [4.78, 5) is 0. The van der Waals surface area contributed by atoms with Crippen LogP contribution < -0.4 is 0 Å². The molecule has 0 bridgehead atoms. The Bertz CT molecular complexity index is 86.8. The fourth-order valence-electron chi connectivity index (χ4n) is 0.700. The van der Waals surface area contributed by atoms with Crippen LogP contribution in [0.5, 0.6) is 0 Å². The van der Waals surface area contributed by atoms with Crippen molar-refractivity contribution in [1.29, 1.82) is 0 Å². The second kappa shape index (κ2) is 4.70. The summed E-state index contributed by atoms with van der Waals surface area (Å²) in [7, 11) is 0. The van der Waals surface area contributed by atoms with E-state index >= 15 is 0 Å². The van der Waals surface area contributed by atoms with Gasteiger partial charge in [0.25, 0.3) is 0 Å². The van der Waals surface area contributed by atoms with E-state index in [1.165, 1.54) is 5.06 Å². The Balaban J connectivity index is 0.000000187. The third-order valence-corrected chi connectivity index (χ3v) is 1.08. The number of nitrogens with zero attached hydrogens (tertiary/aromatic N) is 1. The number of rotatable bonds is 0. The van der Waals surface area contributed by atoms with Gasteiger partial charge >= 0.3 is 0 Å². The first kappa shape index (κ1) is 10.9. The van der Waals surface area contributed by atoms with Crippen molar-refractivity contribution in [3.63, 3.8) is 0 Å². The van der Waals surface area contributed by atoms with Gasteiger partial charge in [-0.2, -0.15) is 5.06 Å². The van der Waals surface area contributed by atoms with Crippen molar-refractivity contribution in [3.8, 4) is 0 Å². The van der Waals surface area contributed by atoms with Gasteiger partial charge in [0.15, 0.2) is 0 Å². The van der Waals surface area contributed by atoms with Crippen molar-refractivity contribution in [1.82, 2.24) is 5.06 Å². The van der Waals surface area contributed by atoms with Crippen LogP contribution in [0.4, 0.5) is 0 Å². The van der Waals surface area contributed by atoms with Gasteiger partial charge in [-0.1, -0.05) is 0 Å². The smallest absolute Gasteiger partial charge is 0.0563 e. The number of hydroxylamine groups is 2. The largest absolute Gasteiger partial charge is 0.391 e. The van der Waals surface area contributed by atoms with Crippen LogP contribution in [-0.4, -0.2) is 34.1 Å². The van der Waals surface area contributed by atoms with Gasteiger partial charge in [0.05, 0.1) is 5.60 Å². The topological polar surface area (TPSA) is 43.7 Å². The van der Waals surface area contributed by atoms with Gasteiger partial charge in [-0.25, -0.2) is 0 Å². The van der Waals surface area contributed by atoms with Crippen LogP contribution in [0.1, 0.15) is 33.6 Å². The molecular formula is C8H19NO2. The fourth-order valence-corrected chi connectivity index (χ4v) is 0.700. The van der Waals surface area contributed by atoms with Crippen molar-refractivity contribution < 1.29 is 10.3 Å². The summed E-state index contributed by atoms with van der Waals surface area (Å²) < 4.78 is 0. The minimum atomic E-state index is -0.500. The molecule has 0 unspecified atom stereocenters. The molecule has 1 saturated heterocycles. The van der Waals surface area contributed by atoms with E-state index < -0.39 is 5.60 Å². The monoisotopic (exact) mass is 161 g/mol. The standard InChI is InChI=1S/C4H9NO.C4H10O/c6-5-3-1-2-4-5;1-4(2,3)5/h6H,1-4H2;5H,1-3H3. The molecular weight excluding hydrogens is 142 g/mol. The van der Waals surface area contributed by atoms with E-state index in [4.69, 9.17) is 10.3 Å². The lowest BCUT2D eigenvalue weighted by Gasteiger charge is -2.04. The summed E-state index contributed by atoms with van der Waals surface area (Å²) in [6, 6.07) is 0. The molecule has 0 atom stereocenters. The molecule has 2 N–H and O–H groups in total. The second-order valence-electron chi connectivity index (χ2n) is 3.83. The SMILES string of the molecule is CC(C)(C)O.ON1CCCC1. The van der Waals surface area contributed by atoms with Crippen molar-refractivity contribution in [2.24, 2.45) is 0 Å². The first-order valence-electron chi connectivity index (χ1n) is 4.06. The van der Waals surface area contributed by atoms with E-state index in [0.29, 0.717) is 0 Å². The molecule has 3 nitrogen and oxygen atoms in total. The molecule has 0 amide bonds. The predicted octanol–water partition coefficient (Wildman–Crippen LogP) is 1.25. The molecule has 11 heavy (non-hydrogen) atoms. The molecule has 1 rings (SSSR count). The summed E-state index contributed by atoms with van der Waals surface area (Å²) in [5, 5.41) is 18.4. The number of aliphatic hydroxyl groups is 1. The zero-order valence-electron chi connectivity index (χ0n) is 7.67. The Kier molecular flexibility index (Phi) is 4.65. The summed E-state index contributed by atoms with van der Waals surface area (Å²) in [6.45, 7) is 6.98. The van der Waals surface area contributed by atoms with Crippen molar-refractivity contribution >= 4 is 0 Å². The maximum absolute atomic E-state index is 8.56. The lowest BCUT2D eigenvalue weighted by Crippen LogP contribution is -2.11. The van der Waals surface area contributed by atoms with Crippen LogP contribution in [-0.2, 0) is 0 Å². The minimum Gasteiger partial charge on any atom is -0.391 e. The molecule has 0 aromatic rings. The average molecular weight is 161 g/mol. The summed E-state index contributed by atoms with van der Waals surface area (Å²) >= 11 is 0. The van der Waals surface area contributed by atoms with Gasteiger partial charge in [0.2, 0.25) is 0 Å². The van der Waals surface area contributed by atoms with E-state index in [9.17, 15) is 0 Å². The molecule has 3 heteroatoms. The average Bonchev–Trinajstić information content (AvgIpc) is 2.12. The third-order valence-electron chi connectivity index (χ3n) is 1.08. The lowest BCUT2D eigenvalue weighted by atomic mass is 10.2.